The maximum atomic E-state index is 13.1. The van der Waals surface area contributed by atoms with E-state index in [2.05, 4.69) is 19.2 Å². The van der Waals surface area contributed by atoms with Crippen molar-refractivity contribution in [3.8, 4) is 0 Å². The molecule has 0 fully saturated rings. The summed E-state index contributed by atoms with van der Waals surface area (Å²) in [5.41, 5.74) is 1.98. The third-order valence-corrected chi connectivity index (χ3v) is 4.16. The van der Waals surface area contributed by atoms with Crippen molar-refractivity contribution in [3.63, 3.8) is 0 Å². The molecule has 0 heterocycles. The van der Waals surface area contributed by atoms with E-state index in [4.69, 9.17) is 0 Å². The van der Waals surface area contributed by atoms with Crippen molar-refractivity contribution >= 4 is 0 Å². The van der Waals surface area contributed by atoms with Gasteiger partial charge in [0.1, 0.15) is 11.6 Å². The van der Waals surface area contributed by atoms with Gasteiger partial charge in [-0.3, -0.25) is 0 Å². The molecule has 2 aromatic rings. The van der Waals surface area contributed by atoms with E-state index in [0.717, 1.165) is 17.5 Å². The molecule has 1 N–H and O–H groups in total. The van der Waals surface area contributed by atoms with E-state index in [9.17, 15) is 8.78 Å². The highest BCUT2D eigenvalue weighted by Crippen LogP contribution is 2.29. The van der Waals surface area contributed by atoms with E-state index in [1.54, 1.807) is 12.1 Å². The van der Waals surface area contributed by atoms with E-state index < -0.39 is 0 Å². The molecular weight excluding hydrogens is 268 g/mol. The van der Waals surface area contributed by atoms with Gasteiger partial charge in [0.25, 0.3) is 0 Å². The Bertz CT molecular complexity index is 573. The maximum absolute atomic E-state index is 13.1. The van der Waals surface area contributed by atoms with Crippen LogP contribution in [0.2, 0.25) is 0 Å². The first-order chi connectivity index (χ1) is 9.93. The highest BCUT2D eigenvalue weighted by atomic mass is 19.1. The Morgan fingerprint density at radius 3 is 1.86 bits per heavy atom. The zero-order chi connectivity index (χ0) is 15.5. The summed E-state index contributed by atoms with van der Waals surface area (Å²) in [5.74, 6) is -0.452. The molecule has 0 spiro atoms. The first-order valence-electron chi connectivity index (χ1n) is 7.11. The van der Waals surface area contributed by atoms with Crippen LogP contribution in [0.25, 0.3) is 0 Å². The van der Waals surface area contributed by atoms with Crippen LogP contribution in [0.4, 0.5) is 8.78 Å². The lowest BCUT2D eigenvalue weighted by Crippen LogP contribution is -2.44. The van der Waals surface area contributed by atoms with Crippen molar-refractivity contribution in [2.75, 3.05) is 7.05 Å². The van der Waals surface area contributed by atoms with Crippen LogP contribution in [0.1, 0.15) is 25.0 Å². The zero-order valence-corrected chi connectivity index (χ0v) is 12.7. The number of rotatable bonds is 5. The van der Waals surface area contributed by atoms with Gasteiger partial charge >= 0.3 is 0 Å². The molecule has 1 nitrogen and oxygen atoms in total. The standard InChI is InChI=1S/C18H21F2N/c1-18(2,14-6-10-16(20)11-7-14)17(21-3)12-13-4-8-15(19)9-5-13/h4-11,17,21H,12H2,1-3H3. The van der Waals surface area contributed by atoms with Gasteiger partial charge in [0, 0.05) is 11.5 Å². The van der Waals surface area contributed by atoms with Crippen molar-refractivity contribution in [3.05, 3.63) is 71.3 Å². The van der Waals surface area contributed by atoms with E-state index in [1.165, 1.54) is 24.3 Å². The normalized spacial score (nSPS) is 13.2. The van der Waals surface area contributed by atoms with Gasteiger partial charge in [-0.1, -0.05) is 38.1 Å². The van der Waals surface area contributed by atoms with Crippen LogP contribution < -0.4 is 5.32 Å². The molecule has 0 bridgehead atoms. The number of hydrogen-bond donors (Lipinski definition) is 1. The predicted octanol–water partition coefficient (Wildman–Crippen LogP) is 4.07. The van der Waals surface area contributed by atoms with Crippen LogP contribution >= 0.6 is 0 Å². The van der Waals surface area contributed by atoms with Gasteiger partial charge in [0.2, 0.25) is 0 Å². The molecule has 3 heteroatoms. The van der Waals surface area contributed by atoms with E-state index in [0.29, 0.717) is 0 Å². The molecular formula is C18H21F2N. The molecule has 0 aromatic heterocycles. The van der Waals surface area contributed by atoms with Crippen molar-refractivity contribution in [1.82, 2.24) is 5.32 Å². The monoisotopic (exact) mass is 289 g/mol. The summed E-state index contributed by atoms with van der Waals surface area (Å²) >= 11 is 0. The summed E-state index contributed by atoms with van der Waals surface area (Å²) < 4.78 is 26.1. The van der Waals surface area contributed by atoms with Crippen LogP contribution in [0, 0.1) is 11.6 Å². The average Bonchev–Trinajstić information content (AvgIpc) is 2.47. The molecule has 2 rings (SSSR count). The van der Waals surface area contributed by atoms with Crippen LogP contribution in [-0.4, -0.2) is 13.1 Å². The minimum absolute atomic E-state index is 0.161. The number of benzene rings is 2. The Hall–Kier alpha value is -1.74. The minimum Gasteiger partial charge on any atom is -0.316 e. The highest BCUT2D eigenvalue weighted by molar-refractivity contribution is 5.28. The quantitative estimate of drug-likeness (QED) is 0.875. The summed E-state index contributed by atoms with van der Waals surface area (Å²) in [6.45, 7) is 4.26. The molecule has 0 aliphatic rings. The SMILES string of the molecule is CNC(Cc1ccc(F)cc1)C(C)(C)c1ccc(F)cc1. The molecule has 112 valence electrons. The average molecular weight is 289 g/mol. The fourth-order valence-corrected chi connectivity index (χ4v) is 2.65. The second kappa shape index (κ2) is 6.35. The van der Waals surface area contributed by atoms with Gasteiger partial charge in [-0.25, -0.2) is 8.78 Å². The smallest absolute Gasteiger partial charge is 0.123 e. The molecule has 0 saturated heterocycles. The van der Waals surface area contributed by atoms with Crippen LogP contribution in [0.15, 0.2) is 48.5 Å². The third kappa shape index (κ3) is 3.67. The third-order valence-electron chi connectivity index (χ3n) is 4.16. The van der Waals surface area contributed by atoms with Crippen molar-refractivity contribution in [2.45, 2.75) is 31.7 Å². The van der Waals surface area contributed by atoms with Crippen LogP contribution in [-0.2, 0) is 11.8 Å². The Labute approximate surface area is 125 Å². The summed E-state index contributed by atoms with van der Waals surface area (Å²) in [5, 5.41) is 3.33. The highest BCUT2D eigenvalue weighted by Gasteiger charge is 2.30. The maximum Gasteiger partial charge on any atom is 0.123 e. The fraction of sp³-hybridized carbons (Fsp3) is 0.333. The number of likely N-dealkylation sites (N-methyl/N-ethyl adjacent to an activating group) is 1. The van der Waals surface area contributed by atoms with Gasteiger partial charge in [0.05, 0.1) is 0 Å². The lowest BCUT2D eigenvalue weighted by Gasteiger charge is -2.35. The lowest BCUT2D eigenvalue weighted by atomic mass is 9.75. The van der Waals surface area contributed by atoms with Crippen molar-refractivity contribution in [2.24, 2.45) is 0 Å². The minimum atomic E-state index is -0.228. The second-order valence-corrected chi connectivity index (χ2v) is 5.90. The van der Waals surface area contributed by atoms with Gasteiger partial charge in [-0.2, -0.15) is 0 Å². The van der Waals surface area contributed by atoms with E-state index in [-0.39, 0.29) is 23.1 Å². The molecule has 0 amide bonds. The molecule has 2 aromatic carbocycles. The van der Waals surface area contributed by atoms with Gasteiger partial charge in [-0.05, 0) is 48.9 Å². The van der Waals surface area contributed by atoms with Crippen LogP contribution in [0.5, 0.6) is 0 Å². The van der Waals surface area contributed by atoms with E-state index >= 15 is 0 Å². The van der Waals surface area contributed by atoms with Crippen molar-refractivity contribution < 1.29 is 8.78 Å². The van der Waals surface area contributed by atoms with E-state index in [1.807, 2.05) is 19.2 Å². The zero-order valence-electron chi connectivity index (χ0n) is 12.7. The van der Waals surface area contributed by atoms with Crippen molar-refractivity contribution in [1.29, 1.82) is 0 Å². The molecule has 0 saturated carbocycles. The summed E-state index contributed by atoms with van der Waals surface area (Å²) in [6, 6.07) is 13.4. The largest absolute Gasteiger partial charge is 0.316 e. The Morgan fingerprint density at radius 1 is 0.905 bits per heavy atom. The first kappa shape index (κ1) is 15.6. The van der Waals surface area contributed by atoms with Gasteiger partial charge in [0.15, 0.2) is 0 Å². The second-order valence-electron chi connectivity index (χ2n) is 5.90. The van der Waals surface area contributed by atoms with Gasteiger partial charge < -0.3 is 5.32 Å². The molecule has 21 heavy (non-hydrogen) atoms. The lowest BCUT2D eigenvalue weighted by molar-refractivity contribution is 0.356. The predicted molar refractivity (Wildman–Crippen MR) is 82.4 cm³/mol. The fourth-order valence-electron chi connectivity index (χ4n) is 2.65. The molecule has 1 unspecified atom stereocenters. The Balaban J connectivity index is 2.22. The summed E-state index contributed by atoms with van der Waals surface area (Å²) in [6.07, 6.45) is 0.779. The summed E-state index contributed by atoms with van der Waals surface area (Å²) in [7, 11) is 1.92. The number of nitrogens with one attached hydrogen (secondary N) is 1. The Kier molecular flexibility index (Phi) is 4.73. The summed E-state index contributed by atoms with van der Waals surface area (Å²) in [4.78, 5) is 0. The molecule has 0 aliphatic carbocycles. The topological polar surface area (TPSA) is 12.0 Å². The number of hydrogen-bond acceptors (Lipinski definition) is 1. The first-order valence-corrected chi connectivity index (χ1v) is 7.11. The van der Waals surface area contributed by atoms with Crippen LogP contribution in [0.3, 0.4) is 0 Å². The Morgan fingerprint density at radius 2 is 1.38 bits per heavy atom. The molecule has 1 atom stereocenters. The number of halogens is 2. The molecule has 0 aliphatic heterocycles. The molecule has 0 radical (unpaired) electrons. The van der Waals surface area contributed by atoms with Gasteiger partial charge in [-0.15, -0.1) is 0 Å².